The van der Waals surface area contributed by atoms with E-state index in [1.807, 2.05) is 18.2 Å². The van der Waals surface area contributed by atoms with Crippen molar-refractivity contribution in [2.45, 2.75) is 12.8 Å². The van der Waals surface area contributed by atoms with Crippen molar-refractivity contribution in [1.82, 2.24) is 4.98 Å². The maximum Gasteiger partial charge on any atom is 0.166 e. The van der Waals surface area contributed by atoms with E-state index >= 15 is 0 Å². The fourth-order valence-electron chi connectivity index (χ4n) is 1.64. The van der Waals surface area contributed by atoms with Crippen molar-refractivity contribution in [2.75, 3.05) is 0 Å². The van der Waals surface area contributed by atoms with Crippen molar-refractivity contribution >= 4 is 17.4 Å². The highest BCUT2D eigenvalue weighted by atomic mass is 35.5. The first kappa shape index (κ1) is 12.7. The zero-order chi connectivity index (χ0) is 13.0. The molecule has 0 unspecified atom stereocenters. The van der Waals surface area contributed by atoms with Gasteiger partial charge < -0.3 is 0 Å². The number of pyridine rings is 1. The van der Waals surface area contributed by atoms with Gasteiger partial charge in [0.25, 0.3) is 0 Å². The van der Waals surface area contributed by atoms with Crippen LogP contribution in [0.5, 0.6) is 0 Å². The van der Waals surface area contributed by atoms with Crippen LogP contribution in [0.25, 0.3) is 0 Å². The molecule has 0 radical (unpaired) electrons. The monoisotopic (exact) mass is 263 g/mol. The van der Waals surface area contributed by atoms with Crippen LogP contribution in [0.1, 0.15) is 22.5 Å². The average molecular weight is 264 g/mol. The molecule has 1 aromatic heterocycles. The van der Waals surface area contributed by atoms with Crippen molar-refractivity contribution in [2.24, 2.45) is 0 Å². The molecule has 0 N–H and O–H groups in total. The Morgan fingerprint density at radius 3 is 2.78 bits per heavy atom. The van der Waals surface area contributed by atoms with Gasteiger partial charge in [0.1, 0.15) is 5.82 Å². The Bertz CT molecular complexity index is 557. The third-order valence-corrected chi connectivity index (χ3v) is 2.80. The minimum absolute atomic E-state index is 0.0790. The van der Waals surface area contributed by atoms with Crippen LogP contribution in [0.15, 0.2) is 42.6 Å². The first-order valence-corrected chi connectivity index (χ1v) is 5.93. The fraction of sp³-hybridized carbons (Fsp3) is 0.143. The minimum atomic E-state index is -0.575. The van der Waals surface area contributed by atoms with E-state index in [4.69, 9.17) is 11.6 Å². The number of hydrogen-bond acceptors (Lipinski definition) is 2. The maximum atomic E-state index is 13.5. The molecule has 0 aliphatic heterocycles. The van der Waals surface area contributed by atoms with E-state index < -0.39 is 5.82 Å². The maximum absolute atomic E-state index is 13.5. The Morgan fingerprint density at radius 2 is 2.11 bits per heavy atom. The summed E-state index contributed by atoms with van der Waals surface area (Å²) in [6.45, 7) is 0. The Morgan fingerprint density at radius 1 is 1.28 bits per heavy atom. The van der Waals surface area contributed by atoms with Crippen LogP contribution < -0.4 is 0 Å². The van der Waals surface area contributed by atoms with E-state index in [0.717, 1.165) is 11.8 Å². The van der Waals surface area contributed by atoms with Crippen LogP contribution in [0.4, 0.5) is 4.39 Å². The van der Waals surface area contributed by atoms with Gasteiger partial charge in [0, 0.05) is 23.3 Å². The zero-order valence-corrected chi connectivity index (χ0v) is 10.3. The van der Waals surface area contributed by atoms with E-state index in [-0.39, 0.29) is 22.8 Å². The lowest BCUT2D eigenvalue weighted by atomic mass is 10.0. The predicted octanol–water partition coefficient (Wildman–Crippen LogP) is 3.69. The highest BCUT2D eigenvalue weighted by Crippen LogP contribution is 2.16. The van der Waals surface area contributed by atoms with Crippen LogP contribution in [0, 0.1) is 5.82 Å². The SMILES string of the molecule is O=C(CCc1ccccn1)c1ccc(Cl)cc1F. The number of rotatable bonds is 4. The largest absolute Gasteiger partial charge is 0.294 e. The number of carbonyl (C=O) groups excluding carboxylic acids is 1. The second-order valence-electron chi connectivity index (χ2n) is 3.87. The minimum Gasteiger partial charge on any atom is -0.294 e. The zero-order valence-electron chi connectivity index (χ0n) is 9.57. The molecule has 0 saturated heterocycles. The number of hydrogen-bond donors (Lipinski definition) is 0. The molecule has 0 aliphatic carbocycles. The van der Waals surface area contributed by atoms with Crippen LogP contribution in [-0.2, 0) is 6.42 Å². The summed E-state index contributed by atoms with van der Waals surface area (Å²) in [6, 6.07) is 9.58. The first-order valence-electron chi connectivity index (χ1n) is 5.55. The normalized spacial score (nSPS) is 10.3. The molecule has 0 bridgehead atoms. The number of nitrogens with zero attached hydrogens (tertiary/aromatic N) is 1. The van der Waals surface area contributed by atoms with Gasteiger partial charge in [0.05, 0.1) is 5.56 Å². The van der Waals surface area contributed by atoms with E-state index in [2.05, 4.69) is 4.98 Å². The van der Waals surface area contributed by atoms with Gasteiger partial charge in [-0.3, -0.25) is 9.78 Å². The predicted molar refractivity (Wildman–Crippen MR) is 68.3 cm³/mol. The van der Waals surface area contributed by atoms with Crippen LogP contribution in [0.2, 0.25) is 5.02 Å². The molecule has 0 fully saturated rings. The Labute approximate surface area is 109 Å². The summed E-state index contributed by atoms with van der Waals surface area (Å²) in [6.07, 6.45) is 2.40. The molecule has 92 valence electrons. The van der Waals surface area contributed by atoms with Gasteiger partial charge in [0.2, 0.25) is 0 Å². The number of aromatic nitrogens is 1. The second-order valence-corrected chi connectivity index (χ2v) is 4.30. The van der Waals surface area contributed by atoms with Crippen LogP contribution in [0.3, 0.4) is 0 Å². The van der Waals surface area contributed by atoms with Gasteiger partial charge in [-0.25, -0.2) is 4.39 Å². The topological polar surface area (TPSA) is 30.0 Å². The molecule has 0 saturated carbocycles. The Hall–Kier alpha value is -1.74. The van der Waals surface area contributed by atoms with Gasteiger partial charge >= 0.3 is 0 Å². The van der Waals surface area contributed by atoms with E-state index in [1.54, 1.807) is 6.20 Å². The molecule has 0 spiro atoms. The molecule has 1 heterocycles. The van der Waals surface area contributed by atoms with E-state index in [9.17, 15) is 9.18 Å². The summed E-state index contributed by atoms with van der Waals surface area (Å²) >= 11 is 5.63. The van der Waals surface area contributed by atoms with Crippen molar-refractivity contribution in [3.63, 3.8) is 0 Å². The molecular weight excluding hydrogens is 253 g/mol. The highest BCUT2D eigenvalue weighted by molar-refractivity contribution is 6.30. The third kappa shape index (κ3) is 3.14. The summed E-state index contributed by atoms with van der Waals surface area (Å²) in [5, 5.41) is 0.286. The second kappa shape index (κ2) is 5.74. The molecule has 2 nitrogen and oxygen atoms in total. The molecule has 4 heteroatoms. The molecule has 2 aromatic rings. The summed E-state index contributed by atoms with van der Waals surface area (Å²) < 4.78 is 13.5. The van der Waals surface area contributed by atoms with Crippen molar-refractivity contribution < 1.29 is 9.18 Å². The van der Waals surface area contributed by atoms with Gasteiger partial charge in [-0.05, 0) is 36.8 Å². The number of halogens is 2. The van der Waals surface area contributed by atoms with Crippen molar-refractivity contribution in [3.05, 3.63) is 64.7 Å². The molecule has 18 heavy (non-hydrogen) atoms. The standard InChI is InChI=1S/C14H11ClFNO/c15-10-4-6-12(13(16)9-10)14(18)7-5-11-3-1-2-8-17-11/h1-4,6,8-9H,5,7H2. The van der Waals surface area contributed by atoms with Crippen molar-refractivity contribution in [3.8, 4) is 0 Å². The van der Waals surface area contributed by atoms with E-state index in [0.29, 0.717) is 6.42 Å². The van der Waals surface area contributed by atoms with Gasteiger partial charge in [-0.2, -0.15) is 0 Å². The first-order chi connectivity index (χ1) is 8.66. The summed E-state index contributed by atoms with van der Waals surface area (Å²) in [5.41, 5.74) is 0.899. The highest BCUT2D eigenvalue weighted by Gasteiger charge is 2.12. The molecule has 0 aliphatic rings. The van der Waals surface area contributed by atoms with E-state index in [1.165, 1.54) is 12.1 Å². The molecule has 1 aromatic carbocycles. The van der Waals surface area contributed by atoms with Crippen LogP contribution >= 0.6 is 11.6 Å². The molecular formula is C14H11ClFNO. The fourth-order valence-corrected chi connectivity index (χ4v) is 1.80. The van der Waals surface area contributed by atoms with Gasteiger partial charge in [-0.1, -0.05) is 17.7 Å². The number of aryl methyl sites for hydroxylation is 1. The van der Waals surface area contributed by atoms with Gasteiger partial charge in [0.15, 0.2) is 5.78 Å². The quantitative estimate of drug-likeness (QED) is 0.788. The van der Waals surface area contributed by atoms with Crippen molar-refractivity contribution in [1.29, 1.82) is 0 Å². The smallest absolute Gasteiger partial charge is 0.166 e. The number of Topliss-reactive ketones (excluding diaryl/α,β-unsaturated/α-hetero) is 1. The Balaban J connectivity index is 2.04. The lowest BCUT2D eigenvalue weighted by molar-refractivity contribution is 0.0978. The lowest BCUT2D eigenvalue weighted by Gasteiger charge is -2.03. The number of ketones is 1. The number of carbonyl (C=O) groups is 1. The molecule has 2 rings (SSSR count). The average Bonchev–Trinajstić information content (AvgIpc) is 2.37. The molecule has 0 amide bonds. The number of benzene rings is 1. The molecule has 0 atom stereocenters. The summed E-state index contributed by atoms with van der Waals surface area (Å²) in [7, 11) is 0. The Kier molecular flexibility index (Phi) is 4.05. The third-order valence-electron chi connectivity index (χ3n) is 2.57. The van der Waals surface area contributed by atoms with Crippen LogP contribution in [-0.4, -0.2) is 10.8 Å². The van der Waals surface area contributed by atoms with Gasteiger partial charge in [-0.15, -0.1) is 0 Å². The summed E-state index contributed by atoms with van der Waals surface area (Å²) in [5.74, 6) is -0.816. The lowest BCUT2D eigenvalue weighted by Crippen LogP contribution is -2.04. The summed E-state index contributed by atoms with van der Waals surface area (Å²) in [4.78, 5) is 16.0.